The van der Waals surface area contributed by atoms with Gasteiger partial charge in [-0.05, 0) is 12.1 Å². The molecule has 0 aliphatic rings. The molecule has 0 amide bonds. The van der Waals surface area contributed by atoms with E-state index in [4.69, 9.17) is 15.7 Å². The Balaban J connectivity index is 3.34. The fourth-order valence-electron chi connectivity index (χ4n) is 0.239. The van der Waals surface area contributed by atoms with Gasteiger partial charge in [0.1, 0.15) is 0 Å². The number of halogens is 1. The van der Waals surface area contributed by atoms with Gasteiger partial charge in [-0.3, -0.25) is 4.98 Å². The maximum atomic E-state index is 7.08. The molecule has 0 atom stereocenters. The van der Waals surface area contributed by atoms with Crippen LogP contribution in [0.15, 0.2) is 24.5 Å². The van der Waals surface area contributed by atoms with E-state index in [1.54, 1.807) is 0 Å². The lowest BCUT2D eigenvalue weighted by molar-refractivity contribution is 1.33. The van der Waals surface area contributed by atoms with E-state index in [9.17, 15) is 0 Å². The van der Waals surface area contributed by atoms with Gasteiger partial charge < -0.3 is 0 Å². The van der Waals surface area contributed by atoms with Crippen molar-refractivity contribution in [3.05, 3.63) is 29.5 Å². The molecule has 1 aromatic heterocycles. The van der Waals surface area contributed by atoms with Crippen LogP contribution in [-0.4, -0.2) is 4.98 Å². The van der Waals surface area contributed by atoms with Gasteiger partial charge in [0.25, 0.3) is 0 Å². The molecule has 0 saturated carbocycles. The minimum atomic E-state index is -0.194. The molecular weight excluding hydrogens is 110 g/mol. The van der Waals surface area contributed by atoms with Crippen LogP contribution in [0.2, 0.25) is 5.02 Å². The van der Waals surface area contributed by atoms with E-state index >= 15 is 0 Å². The summed E-state index contributed by atoms with van der Waals surface area (Å²) in [7, 11) is 0. The second-order valence-electron chi connectivity index (χ2n) is 0.953. The molecule has 0 radical (unpaired) electrons. The van der Waals surface area contributed by atoms with Gasteiger partial charge in [0.15, 0.2) is 0 Å². The second kappa shape index (κ2) is 1.94. The van der Waals surface area contributed by atoms with Gasteiger partial charge in [0, 0.05) is 17.4 Å². The SMILES string of the molecule is [2H]c1cnc([2H])c([2H])c1Cl. The normalized spacial score (nSPS) is 14.7. The molecule has 36 valence electrons. The van der Waals surface area contributed by atoms with E-state index in [1.807, 2.05) is 0 Å². The van der Waals surface area contributed by atoms with Crippen molar-refractivity contribution in [2.75, 3.05) is 0 Å². The molecule has 0 bridgehead atoms. The van der Waals surface area contributed by atoms with E-state index in [1.165, 1.54) is 0 Å². The highest BCUT2D eigenvalue weighted by Crippen LogP contribution is 2.01. The molecule has 1 rings (SSSR count). The first-order valence-corrected chi connectivity index (χ1v) is 2.09. The third-order valence-corrected chi connectivity index (χ3v) is 0.690. The summed E-state index contributed by atoms with van der Waals surface area (Å²) >= 11 is 5.45. The average molecular weight is 117 g/mol. The molecular formula is C5H4ClN. The van der Waals surface area contributed by atoms with Crippen molar-refractivity contribution in [3.63, 3.8) is 0 Å². The van der Waals surface area contributed by atoms with Gasteiger partial charge in [0.05, 0.1) is 4.11 Å². The van der Waals surface area contributed by atoms with Crippen molar-refractivity contribution >= 4 is 11.6 Å². The minimum Gasteiger partial charge on any atom is -0.265 e. The third kappa shape index (κ3) is 1.16. The Kier molecular flexibility index (Phi) is 0.592. The number of aromatic nitrogens is 1. The van der Waals surface area contributed by atoms with Crippen molar-refractivity contribution in [3.8, 4) is 0 Å². The third-order valence-electron chi connectivity index (χ3n) is 0.486. The van der Waals surface area contributed by atoms with Crippen molar-refractivity contribution in [2.24, 2.45) is 0 Å². The summed E-state index contributed by atoms with van der Waals surface area (Å²) in [6, 6.07) is -0.197. The van der Waals surface area contributed by atoms with Crippen molar-refractivity contribution in [1.82, 2.24) is 4.98 Å². The summed E-state index contributed by atoms with van der Waals surface area (Å²) in [5.41, 5.74) is 0. The zero-order valence-corrected chi connectivity index (χ0v) is 4.16. The summed E-state index contributed by atoms with van der Waals surface area (Å²) in [5, 5.41) is -0.0139. The van der Waals surface area contributed by atoms with E-state index < -0.39 is 0 Å². The Hall–Kier alpha value is -0.560. The largest absolute Gasteiger partial charge is 0.265 e. The fraction of sp³-hybridized carbons (Fsp3) is 0. The molecule has 2 heteroatoms. The lowest BCUT2D eigenvalue weighted by atomic mass is 10.5. The standard InChI is InChI=1S/C5H4ClN/c6-5-1-3-7-4-2-5/h1-4H/i1D,2D,3D. The molecule has 0 saturated heterocycles. The van der Waals surface area contributed by atoms with Gasteiger partial charge in [-0.1, -0.05) is 11.6 Å². The second-order valence-corrected chi connectivity index (χ2v) is 1.33. The van der Waals surface area contributed by atoms with E-state index in [2.05, 4.69) is 4.98 Å². The molecule has 0 fully saturated rings. The van der Waals surface area contributed by atoms with Crippen LogP contribution in [0.4, 0.5) is 0 Å². The molecule has 0 unspecified atom stereocenters. The quantitative estimate of drug-likeness (QED) is 0.503. The van der Waals surface area contributed by atoms with E-state index in [0.717, 1.165) is 6.20 Å². The molecule has 1 nitrogen and oxygen atoms in total. The number of hydrogen-bond donors (Lipinski definition) is 0. The molecule has 7 heavy (non-hydrogen) atoms. The molecule has 0 N–H and O–H groups in total. The first-order chi connectivity index (χ1) is 4.63. The minimum absolute atomic E-state index is 0.0114. The van der Waals surface area contributed by atoms with Gasteiger partial charge in [-0.15, -0.1) is 0 Å². The maximum Gasteiger partial charge on any atom is 0.0840 e. The van der Waals surface area contributed by atoms with Gasteiger partial charge in [0.2, 0.25) is 0 Å². The zero-order valence-electron chi connectivity index (χ0n) is 6.40. The highest BCUT2D eigenvalue weighted by Gasteiger charge is 1.75. The summed E-state index contributed by atoms with van der Waals surface area (Å²) in [6.07, 6.45) is 0.962. The fourth-order valence-corrected chi connectivity index (χ4v) is 0.330. The summed E-state index contributed by atoms with van der Waals surface area (Å²) in [4.78, 5) is 3.45. The van der Waals surface area contributed by atoms with Crippen LogP contribution in [0, 0.1) is 0 Å². The number of hydrogen-bond acceptors (Lipinski definition) is 1. The van der Waals surface area contributed by atoms with Crippen LogP contribution in [-0.2, 0) is 0 Å². The maximum absolute atomic E-state index is 7.08. The van der Waals surface area contributed by atoms with Crippen LogP contribution in [0.1, 0.15) is 4.11 Å². The molecule has 1 heterocycles. The van der Waals surface area contributed by atoms with Crippen molar-refractivity contribution in [1.29, 1.82) is 0 Å². The van der Waals surface area contributed by atoms with E-state index in [0.29, 0.717) is 0 Å². The highest BCUT2D eigenvalue weighted by atomic mass is 35.5. The lowest BCUT2D eigenvalue weighted by Crippen LogP contribution is -1.63. The van der Waals surface area contributed by atoms with E-state index in [-0.39, 0.29) is 23.3 Å². The Morgan fingerprint density at radius 1 is 1.71 bits per heavy atom. The van der Waals surface area contributed by atoms with Crippen LogP contribution in [0.25, 0.3) is 0 Å². The topological polar surface area (TPSA) is 12.9 Å². The van der Waals surface area contributed by atoms with Gasteiger partial charge >= 0.3 is 0 Å². The smallest absolute Gasteiger partial charge is 0.0840 e. The Morgan fingerprint density at radius 2 is 2.57 bits per heavy atom. The Morgan fingerprint density at radius 3 is 3.29 bits per heavy atom. The highest BCUT2D eigenvalue weighted by molar-refractivity contribution is 6.30. The van der Waals surface area contributed by atoms with Crippen LogP contribution in [0.5, 0.6) is 0 Å². The van der Waals surface area contributed by atoms with Gasteiger partial charge in [-0.2, -0.15) is 0 Å². The molecule has 1 aromatic rings. The Labute approximate surface area is 51.2 Å². The zero-order chi connectivity index (χ0) is 7.72. The number of rotatable bonds is 0. The van der Waals surface area contributed by atoms with Crippen molar-refractivity contribution < 1.29 is 4.11 Å². The lowest BCUT2D eigenvalue weighted by Gasteiger charge is -1.79. The predicted molar refractivity (Wildman–Crippen MR) is 29.2 cm³/mol. The summed E-state index contributed by atoms with van der Waals surface area (Å²) < 4.78 is 21.1. The van der Waals surface area contributed by atoms with Crippen LogP contribution in [0.3, 0.4) is 0 Å². The molecule has 0 aliphatic carbocycles. The summed E-state index contributed by atoms with van der Waals surface area (Å²) in [5.74, 6) is 0. The first-order valence-electron chi connectivity index (χ1n) is 3.21. The summed E-state index contributed by atoms with van der Waals surface area (Å²) in [6.45, 7) is 0. The van der Waals surface area contributed by atoms with Crippen LogP contribution >= 0.6 is 11.6 Å². The average Bonchev–Trinajstić information content (AvgIpc) is 1.93. The number of pyridine rings is 1. The molecule has 0 aromatic carbocycles. The van der Waals surface area contributed by atoms with Crippen LogP contribution < -0.4 is 0 Å². The predicted octanol–water partition coefficient (Wildman–Crippen LogP) is 1.74. The number of nitrogens with zero attached hydrogens (tertiary/aromatic N) is 1. The Bertz CT molecular complexity index is 236. The first kappa shape index (κ1) is 2.14. The molecule has 0 spiro atoms. The van der Waals surface area contributed by atoms with Crippen molar-refractivity contribution in [2.45, 2.75) is 0 Å². The molecule has 0 aliphatic heterocycles. The monoisotopic (exact) mass is 116 g/mol. The van der Waals surface area contributed by atoms with Gasteiger partial charge in [-0.25, -0.2) is 0 Å².